The Morgan fingerprint density at radius 2 is 2.15 bits per heavy atom. The molecule has 4 nitrogen and oxygen atoms in total. The first-order valence-corrected chi connectivity index (χ1v) is 6.30. The lowest BCUT2D eigenvalue weighted by molar-refractivity contribution is -0.112. The first-order valence-electron chi connectivity index (χ1n) is 5.92. The van der Waals surface area contributed by atoms with E-state index in [1.807, 2.05) is 0 Å². The van der Waals surface area contributed by atoms with Crippen molar-refractivity contribution in [1.82, 2.24) is 5.32 Å². The molecule has 1 aliphatic heterocycles. The Morgan fingerprint density at radius 1 is 1.45 bits per heavy atom. The van der Waals surface area contributed by atoms with Crippen LogP contribution in [0.1, 0.15) is 6.92 Å². The minimum Gasteiger partial charge on any atom is -0.433 e. The molecule has 1 amide bonds. The van der Waals surface area contributed by atoms with Crippen LogP contribution in [0.25, 0.3) is 0 Å². The summed E-state index contributed by atoms with van der Waals surface area (Å²) in [6.45, 7) is 0.218. The van der Waals surface area contributed by atoms with E-state index in [-0.39, 0.29) is 16.7 Å². The fourth-order valence-corrected chi connectivity index (χ4v) is 1.90. The van der Waals surface area contributed by atoms with Crippen LogP contribution in [0.3, 0.4) is 0 Å². The number of rotatable bonds is 4. The van der Waals surface area contributed by atoms with Crippen molar-refractivity contribution in [2.24, 2.45) is 0 Å². The van der Waals surface area contributed by atoms with Crippen LogP contribution in [0.4, 0.5) is 14.5 Å². The zero-order chi connectivity index (χ0) is 14.7. The Hall–Kier alpha value is -1.66. The monoisotopic (exact) mass is 302 g/mol. The summed E-state index contributed by atoms with van der Waals surface area (Å²) in [4.78, 5) is 11.9. The average Bonchev–Trinajstić information content (AvgIpc) is 2.30. The van der Waals surface area contributed by atoms with Crippen LogP contribution in [-0.2, 0) is 4.79 Å². The molecule has 0 bridgehead atoms. The van der Waals surface area contributed by atoms with Gasteiger partial charge in [0, 0.05) is 24.4 Å². The number of anilines is 1. The third-order valence-electron chi connectivity index (χ3n) is 2.95. The molecule has 1 aromatic rings. The van der Waals surface area contributed by atoms with E-state index in [0.717, 1.165) is 5.57 Å². The molecule has 0 saturated carbocycles. The number of nitrogens with one attached hydrogen (secondary N) is 2. The van der Waals surface area contributed by atoms with Crippen molar-refractivity contribution in [3.8, 4) is 5.75 Å². The second kappa shape index (κ2) is 6.19. The fourth-order valence-electron chi connectivity index (χ4n) is 1.67. The number of alkyl halides is 2. The summed E-state index contributed by atoms with van der Waals surface area (Å²) in [5.41, 5.74) is 2.12. The first kappa shape index (κ1) is 14.7. The Kier molecular flexibility index (Phi) is 4.57. The number of ether oxygens (including phenoxy) is 1. The van der Waals surface area contributed by atoms with Gasteiger partial charge in [-0.2, -0.15) is 8.78 Å². The largest absolute Gasteiger partial charge is 0.433 e. The van der Waals surface area contributed by atoms with E-state index >= 15 is 0 Å². The Balaban J connectivity index is 2.07. The van der Waals surface area contributed by atoms with Crippen molar-refractivity contribution >= 4 is 23.2 Å². The van der Waals surface area contributed by atoms with E-state index in [0.29, 0.717) is 24.4 Å². The molecule has 0 aliphatic carbocycles. The van der Waals surface area contributed by atoms with E-state index in [9.17, 15) is 13.6 Å². The predicted molar refractivity (Wildman–Crippen MR) is 72.3 cm³/mol. The Morgan fingerprint density at radius 3 is 2.65 bits per heavy atom. The molecule has 2 rings (SSSR count). The molecule has 1 heterocycles. The van der Waals surface area contributed by atoms with Crippen LogP contribution in [0.2, 0.25) is 5.02 Å². The maximum atomic E-state index is 12.1. The standard InChI is InChI=1S/C13H13ClF2N2O2/c1-7(8-5-17-6-8)12(19)18-9-2-3-11(10(14)4-9)20-13(15)16/h2-4,13,17H,5-6H2,1H3,(H,18,19). The molecule has 108 valence electrons. The molecule has 2 N–H and O–H groups in total. The van der Waals surface area contributed by atoms with Crippen molar-refractivity contribution < 1.29 is 18.3 Å². The molecule has 7 heteroatoms. The summed E-state index contributed by atoms with van der Waals surface area (Å²) in [7, 11) is 0. The number of halogens is 3. The van der Waals surface area contributed by atoms with Crippen molar-refractivity contribution in [1.29, 1.82) is 0 Å². The highest BCUT2D eigenvalue weighted by Crippen LogP contribution is 2.29. The lowest BCUT2D eigenvalue weighted by Gasteiger charge is -2.21. The van der Waals surface area contributed by atoms with E-state index in [1.54, 1.807) is 6.92 Å². The molecule has 1 saturated heterocycles. The molecule has 1 aromatic carbocycles. The lowest BCUT2D eigenvalue weighted by Crippen LogP contribution is -2.36. The van der Waals surface area contributed by atoms with Crippen LogP contribution in [0.15, 0.2) is 29.3 Å². The third-order valence-corrected chi connectivity index (χ3v) is 3.25. The van der Waals surface area contributed by atoms with Gasteiger partial charge in [0.15, 0.2) is 0 Å². The summed E-state index contributed by atoms with van der Waals surface area (Å²) in [5, 5.41) is 5.72. The van der Waals surface area contributed by atoms with Gasteiger partial charge < -0.3 is 15.4 Å². The maximum Gasteiger partial charge on any atom is 0.387 e. The van der Waals surface area contributed by atoms with Crippen LogP contribution >= 0.6 is 11.6 Å². The van der Waals surface area contributed by atoms with Crippen LogP contribution in [0.5, 0.6) is 5.75 Å². The van der Waals surface area contributed by atoms with E-state index in [2.05, 4.69) is 15.4 Å². The van der Waals surface area contributed by atoms with Crippen molar-refractivity contribution in [2.45, 2.75) is 13.5 Å². The SMILES string of the molecule is CC(C(=O)Nc1ccc(OC(F)F)c(Cl)c1)=C1CNC1. The summed E-state index contributed by atoms with van der Waals surface area (Å²) in [6.07, 6.45) is 0. The summed E-state index contributed by atoms with van der Waals surface area (Å²) in [5.74, 6) is -0.363. The number of carbonyl (C=O) groups excluding carboxylic acids is 1. The van der Waals surface area contributed by atoms with Crippen LogP contribution in [-0.4, -0.2) is 25.6 Å². The number of benzene rings is 1. The Bertz CT molecular complexity index is 555. The second-order valence-corrected chi connectivity index (χ2v) is 4.72. The first-order chi connectivity index (χ1) is 9.47. The van der Waals surface area contributed by atoms with Gasteiger partial charge in [-0.05, 0) is 30.7 Å². The summed E-state index contributed by atoms with van der Waals surface area (Å²) >= 11 is 5.81. The summed E-state index contributed by atoms with van der Waals surface area (Å²) < 4.78 is 28.4. The predicted octanol–water partition coefficient (Wildman–Crippen LogP) is 2.80. The van der Waals surface area contributed by atoms with Crippen molar-refractivity contribution in [2.75, 3.05) is 18.4 Å². The highest BCUT2D eigenvalue weighted by atomic mass is 35.5. The Labute approximate surface area is 119 Å². The van der Waals surface area contributed by atoms with Gasteiger partial charge in [-0.1, -0.05) is 11.6 Å². The number of hydrogen-bond donors (Lipinski definition) is 2. The van der Waals surface area contributed by atoms with E-state index in [1.165, 1.54) is 18.2 Å². The highest BCUT2D eigenvalue weighted by Gasteiger charge is 2.16. The fraction of sp³-hybridized carbons (Fsp3) is 0.308. The number of hydrogen-bond acceptors (Lipinski definition) is 3. The second-order valence-electron chi connectivity index (χ2n) is 4.31. The molecular formula is C13H13ClF2N2O2. The molecule has 1 aliphatic rings. The quantitative estimate of drug-likeness (QED) is 0.841. The number of carbonyl (C=O) groups is 1. The van der Waals surface area contributed by atoms with Gasteiger partial charge in [-0.3, -0.25) is 4.79 Å². The minimum atomic E-state index is -2.94. The van der Waals surface area contributed by atoms with E-state index in [4.69, 9.17) is 11.6 Å². The third kappa shape index (κ3) is 3.46. The van der Waals surface area contributed by atoms with Gasteiger partial charge in [0.2, 0.25) is 0 Å². The average molecular weight is 303 g/mol. The molecule has 0 radical (unpaired) electrons. The molecule has 1 fully saturated rings. The smallest absolute Gasteiger partial charge is 0.387 e. The molecule has 0 spiro atoms. The minimum absolute atomic E-state index is 0.0127. The normalized spacial score (nSPS) is 13.9. The zero-order valence-electron chi connectivity index (χ0n) is 10.7. The topological polar surface area (TPSA) is 50.4 Å². The van der Waals surface area contributed by atoms with Gasteiger partial charge in [-0.25, -0.2) is 0 Å². The molecule has 0 unspecified atom stereocenters. The van der Waals surface area contributed by atoms with Crippen LogP contribution in [0, 0.1) is 0 Å². The van der Waals surface area contributed by atoms with Gasteiger partial charge in [0.1, 0.15) is 5.75 Å². The van der Waals surface area contributed by atoms with Gasteiger partial charge >= 0.3 is 6.61 Å². The van der Waals surface area contributed by atoms with Gasteiger partial charge in [0.25, 0.3) is 5.91 Å². The lowest BCUT2D eigenvalue weighted by atomic mass is 10.0. The van der Waals surface area contributed by atoms with Gasteiger partial charge in [-0.15, -0.1) is 0 Å². The molecule has 0 atom stereocenters. The molecule has 20 heavy (non-hydrogen) atoms. The molecular weight excluding hydrogens is 290 g/mol. The number of amides is 1. The van der Waals surface area contributed by atoms with E-state index < -0.39 is 6.61 Å². The summed E-state index contributed by atoms with van der Waals surface area (Å²) in [6, 6.07) is 4.12. The zero-order valence-corrected chi connectivity index (χ0v) is 11.4. The molecule has 0 aromatic heterocycles. The van der Waals surface area contributed by atoms with Crippen LogP contribution < -0.4 is 15.4 Å². The maximum absolute atomic E-state index is 12.1. The van der Waals surface area contributed by atoms with Crippen molar-refractivity contribution in [3.63, 3.8) is 0 Å². The van der Waals surface area contributed by atoms with Gasteiger partial charge in [0.05, 0.1) is 5.02 Å². The highest BCUT2D eigenvalue weighted by molar-refractivity contribution is 6.32. The van der Waals surface area contributed by atoms with Crippen molar-refractivity contribution in [3.05, 3.63) is 34.4 Å².